The minimum atomic E-state index is 0.356. The molecule has 0 bridgehead atoms. The minimum absolute atomic E-state index is 0.356. The first-order valence-corrected chi connectivity index (χ1v) is 9.14. The summed E-state index contributed by atoms with van der Waals surface area (Å²) < 4.78 is 0. The molecule has 0 saturated heterocycles. The molecular formula is C22H30. The number of hydrogen-bond donors (Lipinski definition) is 0. The van der Waals surface area contributed by atoms with Gasteiger partial charge in [0.25, 0.3) is 0 Å². The maximum absolute atomic E-state index is 2.50. The molecule has 118 valence electrons. The van der Waals surface area contributed by atoms with Crippen LogP contribution in [-0.2, 0) is 6.42 Å². The van der Waals surface area contributed by atoms with E-state index in [1.54, 1.807) is 11.1 Å². The van der Waals surface area contributed by atoms with Crippen LogP contribution in [0.15, 0.2) is 48.6 Å². The lowest BCUT2D eigenvalue weighted by molar-refractivity contribution is 0.233. The van der Waals surface area contributed by atoms with Crippen LogP contribution in [0.5, 0.6) is 0 Å². The molecule has 0 aromatic heterocycles. The SMILES string of the molecule is CCCc1ccccc1C1CC2C=CC=CC2(C)C1CCC. The first-order valence-electron chi connectivity index (χ1n) is 9.14. The van der Waals surface area contributed by atoms with E-state index in [-0.39, 0.29) is 0 Å². The fraction of sp³-hybridized carbons (Fsp3) is 0.545. The molecule has 2 aliphatic rings. The highest BCUT2D eigenvalue weighted by atomic mass is 14.5. The topological polar surface area (TPSA) is 0 Å². The normalized spacial score (nSPS) is 33.1. The van der Waals surface area contributed by atoms with Crippen molar-refractivity contribution in [3.8, 4) is 0 Å². The van der Waals surface area contributed by atoms with Gasteiger partial charge in [0.2, 0.25) is 0 Å². The van der Waals surface area contributed by atoms with E-state index >= 15 is 0 Å². The lowest BCUT2D eigenvalue weighted by Gasteiger charge is -2.36. The summed E-state index contributed by atoms with van der Waals surface area (Å²) in [4.78, 5) is 0. The summed E-state index contributed by atoms with van der Waals surface area (Å²) >= 11 is 0. The second-order valence-electron chi connectivity index (χ2n) is 7.40. The van der Waals surface area contributed by atoms with E-state index in [0.717, 1.165) is 11.8 Å². The van der Waals surface area contributed by atoms with Crippen molar-refractivity contribution in [1.29, 1.82) is 0 Å². The third-order valence-corrected chi connectivity index (χ3v) is 6.07. The monoisotopic (exact) mass is 294 g/mol. The molecule has 0 aliphatic heterocycles. The maximum atomic E-state index is 2.50. The van der Waals surface area contributed by atoms with Crippen molar-refractivity contribution >= 4 is 0 Å². The van der Waals surface area contributed by atoms with Crippen LogP contribution in [-0.4, -0.2) is 0 Å². The Morgan fingerprint density at radius 2 is 1.91 bits per heavy atom. The molecule has 0 nitrogen and oxygen atoms in total. The van der Waals surface area contributed by atoms with E-state index in [4.69, 9.17) is 0 Å². The Labute approximate surface area is 136 Å². The Morgan fingerprint density at radius 1 is 1.09 bits per heavy atom. The Hall–Kier alpha value is -1.30. The molecule has 0 N–H and O–H groups in total. The van der Waals surface area contributed by atoms with Crippen LogP contribution < -0.4 is 0 Å². The maximum Gasteiger partial charge on any atom is -0.00463 e. The minimum Gasteiger partial charge on any atom is -0.0805 e. The molecule has 3 rings (SSSR count). The molecule has 1 saturated carbocycles. The van der Waals surface area contributed by atoms with Gasteiger partial charge in [-0.15, -0.1) is 0 Å². The Kier molecular flexibility index (Phi) is 4.57. The predicted molar refractivity (Wildman–Crippen MR) is 96.1 cm³/mol. The van der Waals surface area contributed by atoms with Gasteiger partial charge in [-0.05, 0) is 53.6 Å². The smallest absolute Gasteiger partial charge is 0.00463 e. The third-order valence-electron chi connectivity index (χ3n) is 6.07. The van der Waals surface area contributed by atoms with Crippen molar-refractivity contribution in [1.82, 2.24) is 0 Å². The molecule has 4 atom stereocenters. The van der Waals surface area contributed by atoms with Crippen molar-refractivity contribution in [3.63, 3.8) is 0 Å². The van der Waals surface area contributed by atoms with E-state index in [2.05, 4.69) is 69.3 Å². The molecule has 0 heteroatoms. The van der Waals surface area contributed by atoms with Crippen molar-refractivity contribution in [2.75, 3.05) is 0 Å². The van der Waals surface area contributed by atoms with Crippen molar-refractivity contribution < 1.29 is 0 Å². The summed E-state index contributed by atoms with van der Waals surface area (Å²) in [5, 5.41) is 0. The molecule has 4 unspecified atom stereocenters. The fourth-order valence-electron chi connectivity index (χ4n) is 4.95. The number of aryl methyl sites for hydroxylation is 1. The summed E-state index contributed by atoms with van der Waals surface area (Å²) in [6.45, 7) is 7.13. The predicted octanol–water partition coefficient (Wildman–Crippen LogP) is 6.29. The van der Waals surface area contributed by atoms with E-state index in [0.29, 0.717) is 11.3 Å². The Balaban J connectivity index is 1.99. The van der Waals surface area contributed by atoms with Gasteiger partial charge in [-0.25, -0.2) is 0 Å². The van der Waals surface area contributed by atoms with Crippen LogP contribution in [0.4, 0.5) is 0 Å². The largest absolute Gasteiger partial charge is 0.0805 e. The Bertz CT molecular complexity index is 565. The number of allylic oxidation sites excluding steroid dienone is 4. The molecular weight excluding hydrogens is 264 g/mol. The number of hydrogen-bond acceptors (Lipinski definition) is 0. The molecule has 22 heavy (non-hydrogen) atoms. The van der Waals surface area contributed by atoms with Crippen LogP contribution >= 0.6 is 0 Å². The molecule has 1 aromatic rings. The van der Waals surface area contributed by atoms with Gasteiger partial charge in [0.15, 0.2) is 0 Å². The average molecular weight is 294 g/mol. The van der Waals surface area contributed by atoms with Crippen molar-refractivity contribution in [2.45, 2.75) is 58.8 Å². The molecule has 0 radical (unpaired) electrons. The molecule has 0 heterocycles. The van der Waals surface area contributed by atoms with Crippen LogP contribution in [0.1, 0.15) is 63.5 Å². The van der Waals surface area contributed by atoms with Crippen molar-refractivity contribution in [3.05, 3.63) is 59.7 Å². The molecule has 0 spiro atoms. The van der Waals surface area contributed by atoms with E-state index in [1.807, 2.05) is 0 Å². The van der Waals surface area contributed by atoms with Gasteiger partial charge in [0.05, 0.1) is 0 Å². The molecule has 0 amide bonds. The highest BCUT2D eigenvalue weighted by Gasteiger charge is 2.49. The van der Waals surface area contributed by atoms with E-state index in [9.17, 15) is 0 Å². The summed E-state index contributed by atoms with van der Waals surface area (Å²) in [6, 6.07) is 9.23. The summed E-state index contributed by atoms with van der Waals surface area (Å²) in [7, 11) is 0. The van der Waals surface area contributed by atoms with Gasteiger partial charge in [-0.1, -0.05) is 82.2 Å². The van der Waals surface area contributed by atoms with Gasteiger partial charge in [0.1, 0.15) is 0 Å². The lowest BCUT2D eigenvalue weighted by atomic mass is 9.68. The van der Waals surface area contributed by atoms with Crippen LogP contribution in [0, 0.1) is 17.3 Å². The lowest BCUT2D eigenvalue weighted by Crippen LogP contribution is -2.28. The highest BCUT2D eigenvalue weighted by molar-refractivity contribution is 5.36. The molecule has 1 fully saturated rings. The molecule has 2 aliphatic carbocycles. The van der Waals surface area contributed by atoms with Gasteiger partial charge in [0, 0.05) is 0 Å². The number of fused-ring (bicyclic) bond motifs is 1. The van der Waals surface area contributed by atoms with Gasteiger partial charge < -0.3 is 0 Å². The first-order chi connectivity index (χ1) is 10.7. The number of benzene rings is 1. The van der Waals surface area contributed by atoms with E-state index in [1.165, 1.54) is 32.1 Å². The standard InChI is InChI=1S/C22H30/c1-4-10-17-12-6-7-14-19(17)20-16-18-13-8-9-15-22(18,3)21(20)11-5-2/h6-9,12-15,18,20-21H,4-5,10-11,16H2,1-3H3. The van der Waals surface area contributed by atoms with Crippen LogP contribution in [0.25, 0.3) is 0 Å². The molecule has 1 aromatic carbocycles. The zero-order chi connectivity index (χ0) is 15.6. The zero-order valence-corrected chi connectivity index (χ0v) is 14.4. The second kappa shape index (κ2) is 6.44. The first kappa shape index (κ1) is 15.6. The summed E-state index contributed by atoms with van der Waals surface area (Å²) in [5.41, 5.74) is 3.58. The summed E-state index contributed by atoms with van der Waals surface area (Å²) in [6.07, 6.45) is 15.9. The third kappa shape index (κ3) is 2.57. The second-order valence-corrected chi connectivity index (χ2v) is 7.40. The van der Waals surface area contributed by atoms with E-state index < -0.39 is 0 Å². The Morgan fingerprint density at radius 3 is 2.68 bits per heavy atom. The van der Waals surface area contributed by atoms with Gasteiger partial charge in [-0.2, -0.15) is 0 Å². The van der Waals surface area contributed by atoms with Gasteiger partial charge in [-0.3, -0.25) is 0 Å². The average Bonchev–Trinajstić information content (AvgIpc) is 2.82. The highest BCUT2D eigenvalue weighted by Crippen LogP contribution is 2.59. The quantitative estimate of drug-likeness (QED) is 0.598. The van der Waals surface area contributed by atoms with Crippen LogP contribution in [0.2, 0.25) is 0 Å². The zero-order valence-electron chi connectivity index (χ0n) is 14.4. The number of rotatable bonds is 5. The fourth-order valence-corrected chi connectivity index (χ4v) is 4.95. The summed E-state index contributed by atoms with van der Waals surface area (Å²) in [5.74, 6) is 2.22. The van der Waals surface area contributed by atoms with Gasteiger partial charge >= 0.3 is 0 Å². The van der Waals surface area contributed by atoms with Crippen LogP contribution in [0.3, 0.4) is 0 Å². The van der Waals surface area contributed by atoms with Crippen molar-refractivity contribution in [2.24, 2.45) is 17.3 Å².